The molecule has 0 amide bonds. The van der Waals surface area contributed by atoms with Crippen molar-refractivity contribution in [1.82, 2.24) is 15.1 Å². The van der Waals surface area contributed by atoms with Crippen LogP contribution in [0.2, 0.25) is 0 Å². The van der Waals surface area contributed by atoms with E-state index in [1.807, 2.05) is 7.05 Å². The summed E-state index contributed by atoms with van der Waals surface area (Å²) < 4.78 is 5.62. The molecule has 1 fully saturated rings. The van der Waals surface area contributed by atoms with Crippen LogP contribution in [0.1, 0.15) is 20.3 Å². The number of piperazine rings is 1. The van der Waals surface area contributed by atoms with Crippen molar-refractivity contribution in [3.8, 4) is 0 Å². The summed E-state index contributed by atoms with van der Waals surface area (Å²) in [6.45, 7) is 13.3. The molecule has 1 rings (SSSR count). The molecule has 0 aromatic heterocycles. The van der Waals surface area contributed by atoms with Crippen molar-refractivity contribution in [3.05, 3.63) is 0 Å². The zero-order chi connectivity index (χ0) is 12.5. The molecule has 0 aromatic carbocycles. The fourth-order valence-electron chi connectivity index (χ4n) is 2.15. The lowest BCUT2D eigenvalue weighted by Crippen LogP contribution is -2.49. The van der Waals surface area contributed by atoms with Gasteiger partial charge in [0.25, 0.3) is 0 Å². The molecule has 17 heavy (non-hydrogen) atoms. The largest absolute Gasteiger partial charge is 0.380 e. The highest BCUT2D eigenvalue weighted by Gasteiger charge is 2.17. The number of nitrogens with zero attached hydrogens (tertiary/aromatic N) is 2. The molecule has 1 heterocycles. The van der Waals surface area contributed by atoms with Crippen molar-refractivity contribution in [2.24, 2.45) is 0 Å². The summed E-state index contributed by atoms with van der Waals surface area (Å²) in [5.41, 5.74) is 0. The van der Waals surface area contributed by atoms with Crippen molar-refractivity contribution in [1.29, 1.82) is 0 Å². The Morgan fingerprint density at radius 3 is 2.41 bits per heavy atom. The molecule has 0 bridgehead atoms. The van der Waals surface area contributed by atoms with Gasteiger partial charge in [0.05, 0.1) is 6.61 Å². The quantitative estimate of drug-likeness (QED) is 0.633. The van der Waals surface area contributed by atoms with Crippen LogP contribution in [0.4, 0.5) is 0 Å². The molecule has 0 aliphatic carbocycles. The molecule has 0 radical (unpaired) electrons. The molecule has 0 saturated carbocycles. The van der Waals surface area contributed by atoms with Crippen LogP contribution in [0.15, 0.2) is 0 Å². The normalized spacial score (nSPS) is 19.1. The van der Waals surface area contributed by atoms with E-state index >= 15 is 0 Å². The molecule has 1 aliphatic rings. The first-order chi connectivity index (χ1) is 8.24. The second kappa shape index (κ2) is 8.86. The second-order valence-corrected chi connectivity index (χ2v) is 5.04. The van der Waals surface area contributed by atoms with E-state index in [1.165, 1.54) is 26.2 Å². The Morgan fingerprint density at radius 1 is 1.12 bits per heavy atom. The van der Waals surface area contributed by atoms with Gasteiger partial charge in [0.2, 0.25) is 0 Å². The lowest BCUT2D eigenvalue weighted by atomic mass is 10.2. The Morgan fingerprint density at radius 2 is 1.82 bits per heavy atom. The maximum Gasteiger partial charge on any atom is 0.0593 e. The average Bonchev–Trinajstić information content (AvgIpc) is 2.34. The summed E-state index contributed by atoms with van der Waals surface area (Å²) >= 11 is 0. The fraction of sp³-hybridized carbons (Fsp3) is 1.00. The average molecular weight is 243 g/mol. The minimum atomic E-state index is 0.690. The number of hydrogen-bond donors (Lipinski definition) is 1. The van der Waals surface area contributed by atoms with Crippen LogP contribution in [-0.4, -0.2) is 75.4 Å². The Bertz CT molecular complexity index is 180. The van der Waals surface area contributed by atoms with E-state index < -0.39 is 0 Å². The van der Waals surface area contributed by atoms with Gasteiger partial charge in [0.15, 0.2) is 0 Å². The summed E-state index contributed by atoms with van der Waals surface area (Å²) in [6, 6.07) is 0.690. The van der Waals surface area contributed by atoms with Gasteiger partial charge in [-0.05, 0) is 33.9 Å². The Balaban J connectivity index is 1.95. The topological polar surface area (TPSA) is 27.7 Å². The highest BCUT2D eigenvalue weighted by atomic mass is 16.5. The maximum absolute atomic E-state index is 5.62. The van der Waals surface area contributed by atoms with Gasteiger partial charge in [0.1, 0.15) is 0 Å². The highest BCUT2D eigenvalue weighted by molar-refractivity contribution is 4.73. The molecule has 0 aromatic rings. The second-order valence-electron chi connectivity index (χ2n) is 5.04. The van der Waals surface area contributed by atoms with Crippen LogP contribution in [0.3, 0.4) is 0 Å². The summed E-state index contributed by atoms with van der Waals surface area (Å²) in [4.78, 5) is 5.06. The van der Waals surface area contributed by atoms with E-state index in [0.29, 0.717) is 6.04 Å². The van der Waals surface area contributed by atoms with Gasteiger partial charge in [-0.25, -0.2) is 0 Å². The minimum Gasteiger partial charge on any atom is -0.380 e. The Labute approximate surface area is 106 Å². The van der Waals surface area contributed by atoms with Crippen LogP contribution in [0.25, 0.3) is 0 Å². The molecule has 0 spiro atoms. The predicted octanol–water partition coefficient (Wildman–Crippen LogP) is 0.639. The summed E-state index contributed by atoms with van der Waals surface area (Å²) in [6.07, 6.45) is 1.11. The molecule has 0 atom stereocenters. The molecular weight excluding hydrogens is 214 g/mol. The summed E-state index contributed by atoms with van der Waals surface area (Å²) in [5, 5.41) is 3.13. The maximum atomic E-state index is 5.62. The van der Waals surface area contributed by atoms with Gasteiger partial charge in [0, 0.05) is 45.4 Å². The monoisotopic (exact) mass is 243 g/mol. The molecule has 0 unspecified atom stereocenters. The number of ether oxygens (including phenoxy) is 1. The third-order valence-electron chi connectivity index (χ3n) is 3.40. The molecule has 1 saturated heterocycles. The third-order valence-corrected chi connectivity index (χ3v) is 3.40. The van der Waals surface area contributed by atoms with Gasteiger partial charge in [-0.1, -0.05) is 0 Å². The number of nitrogens with one attached hydrogen (secondary N) is 1. The SMILES string of the molecule is CNCCCOCCN1CCN(C(C)C)CC1. The molecule has 4 nitrogen and oxygen atoms in total. The molecule has 102 valence electrons. The lowest BCUT2D eigenvalue weighted by molar-refractivity contribution is 0.0659. The van der Waals surface area contributed by atoms with Crippen LogP contribution < -0.4 is 5.32 Å². The predicted molar refractivity (Wildman–Crippen MR) is 72.5 cm³/mol. The van der Waals surface area contributed by atoms with Crippen molar-refractivity contribution < 1.29 is 4.74 Å². The lowest BCUT2D eigenvalue weighted by Gasteiger charge is -2.36. The Hall–Kier alpha value is -0.160. The zero-order valence-electron chi connectivity index (χ0n) is 11.7. The van der Waals surface area contributed by atoms with Crippen LogP contribution in [-0.2, 0) is 4.74 Å². The van der Waals surface area contributed by atoms with E-state index in [2.05, 4.69) is 29.0 Å². The molecule has 4 heteroatoms. The third kappa shape index (κ3) is 6.36. The van der Waals surface area contributed by atoms with Crippen molar-refractivity contribution >= 4 is 0 Å². The van der Waals surface area contributed by atoms with Crippen LogP contribution in [0.5, 0.6) is 0 Å². The van der Waals surface area contributed by atoms with E-state index in [9.17, 15) is 0 Å². The van der Waals surface area contributed by atoms with Gasteiger partial charge >= 0.3 is 0 Å². The highest BCUT2D eigenvalue weighted by Crippen LogP contribution is 2.05. The molecular formula is C13H29N3O. The van der Waals surface area contributed by atoms with Gasteiger partial charge < -0.3 is 10.1 Å². The molecule has 1 N–H and O–H groups in total. The number of rotatable bonds is 8. The molecule has 1 aliphatic heterocycles. The standard InChI is InChI=1S/C13H29N3O/c1-13(2)16-8-6-15(7-9-16)10-12-17-11-4-5-14-3/h13-14H,4-12H2,1-3H3. The van der Waals surface area contributed by atoms with Crippen molar-refractivity contribution in [3.63, 3.8) is 0 Å². The number of hydrogen-bond acceptors (Lipinski definition) is 4. The van der Waals surface area contributed by atoms with E-state index in [-0.39, 0.29) is 0 Å². The van der Waals surface area contributed by atoms with Crippen LogP contribution in [0, 0.1) is 0 Å². The minimum absolute atomic E-state index is 0.690. The summed E-state index contributed by atoms with van der Waals surface area (Å²) in [5.74, 6) is 0. The van der Waals surface area contributed by atoms with Crippen molar-refractivity contribution in [2.45, 2.75) is 26.3 Å². The van der Waals surface area contributed by atoms with E-state index in [4.69, 9.17) is 4.74 Å². The smallest absolute Gasteiger partial charge is 0.0593 e. The van der Waals surface area contributed by atoms with Crippen molar-refractivity contribution in [2.75, 3.05) is 59.5 Å². The first-order valence-corrected chi connectivity index (χ1v) is 6.92. The van der Waals surface area contributed by atoms with Gasteiger partial charge in [-0.3, -0.25) is 9.80 Å². The van der Waals surface area contributed by atoms with Gasteiger partial charge in [-0.2, -0.15) is 0 Å². The van der Waals surface area contributed by atoms with E-state index in [0.717, 1.165) is 32.7 Å². The first-order valence-electron chi connectivity index (χ1n) is 6.92. The first kappa shape index (κ1) is 14.9. The zero-order valence-corrected chi connectivity index (χ0v) is 11.7. The Kier molecular flexibility index (Phi) is 7.77. The summed E-state index contributed by atoms with van der Waals surface area (Å²) in [7, 11) is 1.98. The van der Waals surface area contributed by atoms with E-state index in [1.54, 1.807) is 0 Å². The van der Waals surface area contributed by atoms with Crippen LogP contribution >= 0.6 is 0 Å². The van der Waals surface area contributed by atoms with Gasteiger partial charge in [-0.15, -0.1) is 0 Å². The fourth-order valence-corrected chi connectivity index (χ4v) is 2.15.